The number of hydrogen-bond acceptors (Lipinski definition) is 2. The van der Waals surface area contributed by atoms with E-state index in [9.17, 15) is 4.79 Å². The molecule has 2 bridgehead atoms. The molecule has 2 fully saturated rings. The van der Waals surface area contributed by atoms with E-state index < -0.39 is 5.41 Å². The monoisotopic (exact) mass is 336 g/mol. The number of fused-ring (bicyclic) bond motifs is 2. The Kier molecular flexibility index (Phi) is 5.74. The van der Waals surface area contributed by atoms with Gasteiger partial charge in [0.15, 0.2) is 0 Å². The van der Waals surface area contributed by atoms with Crippen molar-refractivity contribution in [3.63, 3.8) is 0 Å². The first-order valence-corrected chi connectivity index (χ1v) is 8.65. The average Bonchev–Trinajstić information content (AvgIpc) is 2.86. The maximum Gasteiger partial charge on any atom is 0.230 e. The molecule has 2 aliphatic rings. The maximum atomic E-state index is 12.8. The van der Waals surface area contributed by atoms with Gasteiger partial charge in [0.2, 0.25) is 5.91 Å². The van der Waals surface area contributed by atoms with Crippen molar-refractivity contribution in [3.8, 4) is 0 Å². The number of hydrogen-bond donors (Lipinski definition) is 2. The van der Waals surface area contributed by atoms with Crippen molar-refractivity contribution >= 4 is 18.3 Å². The van der Waals surface area contributed by atoms with Gasteiger partial charge in [-0.15, -0.1) is 12.4 Å². The lowest BCUT2D eigenvalue weighted by Crippen LogP contribution is -2.51. The van der Waals surface area contributed by atoms with Crippen LogP contribution >= 0.6 is 12.4 Å². The van der Waals surface area contributed by atoms with Crippen LogP contribution < -0.4 is 10.6 Å². The number of amides is 1. The Labute approximate surface area is 146 Å². The fourth-order valence-corrected chi connectivity index (χ4v) is 3.83. The van der Waals surface area contributed by atoms with E-state index in [1.54, 1.807) is 0 Å². The molecule has 0 spiro atoms. The molecular formula is C19H29ClN2O. The van der Waals surface area contributed by atoms with Gasteiger partial charge in [-0.05, 0) is 57.1 Å². The topological polar surface area (TPSA) is 41.1 Å². The van der Waals surface area contributed by atoms with Crippen LogP contribution in [-0.2, 0) is 16.6 Å². The Morgan fingerprint density at radius 1 is 1.17 bits per heavy atom. The number of aryl methyl sites for hydroxylation is 1. The lowest BCUT2D eigenvalue weighted by molar-refractivity contribution is -0.126. The van der Waals surface area contributed by atoms with Crippen molar-refractivity contribution in [1.82, 2.24) is 10.6 Å². The number of carbonyl (C=O) groups excluding carboxylic acids is 1. The van der Waals surface area contributed by atoms with E-state index in [2.05, 4.69) is 41.8 Å². The summed E-state index contributed by atoms with van der Waals surface area (Å²) >= 11 is 0. The Hall–Kier alpha value is -1.06. The zero-order chi connectivity index (χ0) is 15.7. The number of benzene rings is 1. The normalized spacial score (nSPS) is 26.5. The van der Waals surface area contributed by atoms with Gasteiger partial charge in [0.25, 0.3) is 0 Å². The molecule has 2 atom stereocenters. The summed E-state index contributed by atoms with van der Waals surface area (Å²) in [7, 11) is 0. The van der Waals surface area contributed by atoms with Gasteiger partial charge >= 0.3 is 0 Å². The van der Waals surface area contributed by atoms with Gasteiger partial charge in [-0.2, -0.15) is 0 Å². The van der Waals surface area contributed by atoms with Crippen LogP contribution in [0.2, 0.25) is 0 Å². The first-order chi connectivity index (χ1) is 10.5. The van der Waals surface area contributed by atoms with Crippen molar-refractivity contribution < 1.29 is 4.79 Å². The average molecular weight is 337 g/mol. The molecule has 1 aromatic rings. The second-order valence-electron chi connectivity index (χ2n) is 7.46. The van der Waals surface area contributed by atoms with Crippen LogP contribution in [0.1, 0.15) is 57.6 Å². The van der Waals surface area contributed by atoms with Crippen LogP contribution in [0.25, 0.3) is 0 Å². The summed E-state index contributed by atoms with van der Waals surface area (Å²) < 4.78 is 0. The van der Waals surface area contributed by atoms with E-state index in [0.29, 0.717) is 18.1 Å². The van der Waals surface area contributed by atoms with Gasteiger partial charge in [-0.25, -0.2) is 0 Å². The van der Waals surface area contributed by atoms with Crippen molar-refractivity contribution in [2.24, 2.45) is 0 Å². The summed E-state index contributed by atoms with van der Waals surface area (Å²) in [5, 5.41) is 6.93. The largest absolute Gasteiger partial charge is 0.352 e. The quantitative estimate of drug-likeness (QED) is 0.885. The molecule has 4 heteroatoms. The summed E-state index contributed by atoms with van der Waals surface area (Å²) in [5.74, 6) is 0.156. The molecule has 2 N–H and O–H groups in total. The fourth-order valence-electron chi connectivity index (χ4n) is 3.83. The summed E-state index contributed by atoms with van der Waals surface area (Å²) in [5.41, 5.74) is 1.94. The first kappa shape index (κ1) is 18.3. The molecule has 1 amide bonds. The second kappa shape index (κ2) is 7.23. The molecule has 2 unspecified atom stereocenters. The van der Waals surface area contributed by atoms with E-state index in [0.717, 1.165) is 24.8 Å². The van der Waals surface area contributed by atoms with Crippen LogP contribution in [0.3, 0.4) is 0 Å². The summed E-state index contributed by atoms with van der Waals surface area (Å²) in [6.45, 7) is 6.20. The van der Waals surface area contributed by atoms with Crippen molar-refractivity contribution in [2.75, 3.05) is 0 Å². The van der Waals surface area contributed by atoms with E-state index in [-0.39, 0.29) is 18.3 Å². The third-order valence-corrected chi connectivity index (χ3v) is 5.46. The Morgan fingerprint density at radius 3 is 2.26 bits per heavy atom. The second-order valence-corrected chi connectivity index (χ2v) is 7.46. The predicted molar refractivity (Wildman–Crippen MR) is 97.2 cm³/mol. The predicted octanol–water partition coefficient (Wildman–Crippen LogP) is 3.35. The van der Waals surface area contributed by atoms with Gasteiger partial charge in [0.05, 0.1) is 5.41 Å². The molecule has 23 heavy (non-hydrogen) atoms. The summed E-state index contributed by atoms with van der Waals surface area (Å²) in [6, 6.07) is 10.0. The van der Waals surface area contributed by atoms with Gasteiger partial charge in [0, 0.05) is 18.1 Å². The van der Waals surface area contributed by atoms with Crippen LogP contribution in [0.4, 0.5) is 0 Å². The smallest absolute Gasteiger partial charge is 0.230 e. The summed E-state index contributed by atoms with van der Waals surface area (Å²) in [4.78, 5) is 12.8. The highest BCUT2D eigenvalue weighted by atomic mass is 35.5. The van der Waals surface area contributed by atoms with E-state index >= 15 is 0 Å². The summed E-state index contributed by atoms with van der Waals surface area (Å²) in [6.07, 6.45) is 5.71. The molecule has 3 rings (SSSR count). The molecule has 2 heterocycles. The number of halogens is 1. The molecule has 2 aliphatic heterocycles. The van der Waals surface area contributed by atoms with Gasteiger partial charge in [-0.1, -0.05) is 31.2 Å². The lowest BCUT2D eigenvalue weighted by Gasteiger charge is -2.33. The zero-order valence-electron chi connectivity index (χ0n) is 14.4. The minimum absolute atomic E-state index is 0. The van der Waals surface area contributed by atoms with Gasteiger partial charge in [0.1, 0.15) is 0 Å². The van der Waals surface area contributed by atoms with E-state index in [4.69, 9.17) is 0 Å². The first-order valence-electron chi connectivity index (χ1n) is 8.65. The zero-order valence-corrected chi connectivity index (χ0v) is 15.2. The Bertz CT molecular complexity index is 529. The minimum Gasteiger partial charge on any atom is -0.352 e. The molecule has 0 aromatic heterocycles. The SMILES string of the molecule is CCc1ccc(C(C)(C)C(=O)NC2CC3CCC(C2)N3)cc1.Cl. The number of rotatable bonds is 4. The van der Waals surface area contributed by atoms with Crippen LogP contribution in [0.15, 0.2) is 24.3 Å². The van der Waals surface area contributed by atoms with Crippen LogP contribution in [0, 0.1) is 0 Å². The number of carbonyl (C=O) groups is 1. The Balaban J connectivity index is 0.00000192. The van der Waals surface area contributed by atoms with Gasteiger partial charge < -0.3 is 10.6 Å². The molecule has 0 saturated carbocycles. The van der Waals surface area contributed by atoms with Crippen LogP contribution in [0.5, 0.6) is 0 Å². The Morgan fingerprint density at radius 2 is 1.74 bits per heavy atom. The molecule has 0 aliphatic carbocycles. The highest BCUT2D eigenvalue weighted by Gasteiger charge is 2.37. The third-order valence-electron chi connectivity index (χ3n) is 5.46. The van der Waals surface area contributed by atoms with Crippen molar-refractivity contribution in [2.45, 2.75) is 76.4 Å². The minimum atomic E-state index is -0.476. The maximum absolute atomic E-state index is 12.8. The highest BCUT2D eigenvalue weighted by molar-refractivity contribution is 5.87. The van der Waals surface area contributed by atoms with Crippen molar-refractivity contribution in [1.29, 1.82) is 0 Å². The number of piperidine rings is 1. The standard InChI is InChI=1S/C19H28N2O.ClH/c1-4-13-5-7-14(8-6-13)19(2,3)18(22)21-17-11-15-9-10-16(12-17)20-15;/h5-8,15-17,20H,4,9-12H2,1-3H3,(H,21,22);1H. The van der Waals surface area contributed by atoms with E-state index in [1.807, 2.05) is 13.8 Å². The van der Waals surface area contributed by atoms with Gasteiger partial charge in [-0.3, -0.25) is 4.79 Å². The third kappa shape index (κ3) is 3.89. The molecule has 1 aromatic carbocycles. The van der Waals surface area contributed by atoms with E-state index in [1.165, 1.54) is 18.4 Å². The highest BCUT2D eigenvalue weighted by Crippen LogP contribution is 2.29. The lowest BCUT2D eigenvalue weighted by atomic mass is 9.82. The van der Waals surface area contributed by atoms with Crippen LogP contribution in [-0.4, -0.2) is 24.0 Å². The molecule has 0 radical (unpaired) electrons. The number of nitrogens with one attached hydrogen (secondary N) is 2. The molecule has 128 valence electrons. The fraction of sp³-hybridized carbons (Fsp3) is 0.632. The molecule has 3 nitrogen and oxygen atoms in total. The molecular weight excluding hydrogens is 308 g/mol. The van der Waals surface area contributed by atoms with Crippen molar-refractivity contribution in [3.05, 3.63) is 35.4 Å². The molecule has 2 saturated heterocycles.